The lowest BCUT2D eigenvalue weighted by atomic mass is 10.3. The van der Waals surface area contributed by atoms with Crippen LogP contribution < -0.4 is 10.5 Å². The number of anilines is 1. The second-order valence-corrected chi connectivity index (χ2v) is 5.20. The standard InChI is InChI=1S/C10H12N4O2S/c11-8-2-1-3-9(6-8)17(15,16)14-7-10-12-4-5-13-10/h1-6,14H,7,11H2,(H,12,13). The zero-order valence-electron chi connectivity index (χ0n) is 8.92. The van der Waals surface area contributed by atoms with Crippen molar-refractivity contribution >= 4 is 15.7 Å². The van der Waals surface area contributed by atoms with E-state index < -0.39 is 10.0 Å². The molecule has 1 aromatic heterocycles. The number of imidazole rings is 1. The molecule has 0 saturated carbocycles. The van der Waals surface area contributed by atoms with Crippen molar-refractivity contribution < 1.29 is 8.42 Å². The summed E-state index contributed by atoms with van der Waals surface area (Å²) in [6.45, 7) is 0.115. The summed E-state index contributed by atoms with van der Waals surface area (Å²) < 4.78 is 26.2. The molecule has 6 nitrogen and oxygen atoms in total. The first-order valence-electron chi connectivity index (χ1n) is 4.91. The molecule has 0 radical (unpaired) electrons. The van der Waals surface area contributed by atoms with E-state index in [9.17, 15) is 8.42 Å². The first-order chi connectivity index (χ1) is 8.08. The van der Waals surface area contributed by atoms with Crippen molar-refractivity contribution in [2.75, 3.05) is 5.73 Å². The summed E-state index contributed by atoms with van der Waals surface area (Å²) in [6.07, 6.45) is 3.19. The van der Waals surface area contributed by atoms with E-state index in [1.807, 2.05) is 0 Å². The minimum absolute atomic E-state index is 0.115. The van der Waals surface area contributed by atoms with E-state index in [2.05, 4.69) is 14.7 Å². The quantitative estimate of drug-likeness (QED) is 0.688. The van der Waals surface area contributed by atoms with Crippen molar-refractivity contribution in [3.8, 4) is 0 Å². The van der Waals surface area contributed by atoms with Gasteiger partial charge in [0.15, 0.2) is 0 Å². The topological polar surface area (TPSA) is 101 Å². The van der Waals surface area contributed by atoms with Crippen LogP contribution in [0.2, 0.25) is 0 Å². The van der Waals surface area contributed by atoms with Gasteiger partial charge in [0, 0.05) is 18.1 Å². The van der Waals surface area contributed by atoms with Crippen molar-refractivity contribution in [3.63, 3.8) is 0 Å². The molecule has 0 aliphatic heterocycles. The summed E-state index contributed by atoms with van der Waals surface area (Å²) in [7, 11) is -3.55. The van der Waals surface area contributed by atoms with Crippen LogP contribution in [0.25, 0.3) is 0 Å². The molecule has 2 rings (SSSR count). The number of nitrogens with one attached hydrogen (secondary N) is 2. The molecule has 1 heterocycles. The predicted octanol–water partition coefficient (Wildman–Crippen LogP) is 0.470. The van der Waals surface area contributed by atoms with E-state index in [1.165, 1.54) is 12.1 Å². The molecule has 0 aliphatic rings. The Bertz CT molecular complexity index is 593. The first kappa shape index (κ1) is 11.6. The zero-order chi connectivity index (χ0) is 12.3. The SMILES string of the molecule is Nc1cccc(S(=O)(=O)NCc2ncc[nH]2)c1. The van der Waals surface area contributed by atoms with E-state index in [0.717, 1.165) is 0 Å². The lowest BCUT2D eigenvalue weighted by molar-refractivity contribution is 0.579. The number of hydrogen-bond donors (Lipinski definition) is 3. The lowest BCUT2D eigenvalue weighted by Crippen LogP contribution is -2.23. The Morgan fingerprint density at radius 1 is 1.41 bits per heavy atom. The van der Waals surface area contributed by atoms with Crippen molar-refractivity contribution in [2.24, 2.45) is 0 Å². The average Bonchev–Trinajstić information content (AvgIpc) is 2.79. The molecule has 7 heteroatoms. The predicted molar refractivity (Wildman–Crippen MR) is 63.5 cm³/mol. The number of nitrogens with zero attached hydrogens (tertiary/aromatic N) is 1. The fourth-order valence-electron chi connectivity index (χ4n) is 1.32. The summed E-state index contributed by atoms with van der Waals surface area (Å²) in [5.41, 5.74) is 5.94. The van der Waals surface area contributed by atoms with Gasteiger partial charge in [0.2, 0.25) is 10.0 Å². The average molecular weight is 252 g/mol. The largest absolute Gasteiger partial charge is 0.399 e. The Hall–Kier alpha value is -1.86. The maximum atomic E-state index is 11.9. The van der Waals surface area contributed by atoms with Crippen LogP contribution in [0.3, 0.4) is 0 Å². The van der Waals surface area contributed by atoms with Gasteiger partial charge in [-0.3, -0.25) is 0 Å². The van der Waals surface area contributed by atoms with Gasteiger partial charge in [-0.25, -0.2) is 18.1 Å². The number of rotatable bonds is 4. The third-order valence-electron chi connectivity index (χ3n) is 2.15. The van der Waals surface area contributed by atoms with Gasteiger partial charge >= 0.3 is 0 Å². The highest BCUT2D eigenvalue weighted by Gasteiger charge is 2.13. The smallest absolute Gasteiger partial charge is 0.241 e. The molecule has 4 N–H and O–H groups in total. The molecule has 0 amide bonds. The highest BCUT2D eigenvalue weighted by atomic mass is 32.2. The molecule has 90 valence electrons. The van der Waals surface area contributed by atoms with Gasteiger partial charge in [-0.15, -0.1) is 0 Å². The highest BCUT2D eigenvalue weighted by molar-refractivity contribution is 7.89. The van der Waals surface area contributed by atoms with Gasteiger partial charge in [-0.1, -0.05) is 6.07 Å². The maximum absolute atomic E-state index is 11.9. The highest BCUT2D eigenvalue weighted by Crippen LogP contribution is 2.12. The second-order valence-electron chi connectivity index (χ2n) is 3.43. The normalized spacial score (nSPS) is 11.5. The summed E-state index contributed by atoms with van der Waals surface area (Å²) in [4.78, 5) is 6.88. The Morgan fingerprint density at radius 2 is 2.24 bits per heavy atom. The first-order valence-corrected chi connectivity index (χ1v) is 6.40. The molecule has 0 atom stereocenters. The third-order valence-corrected chi connectivity index (χ3v) is 3.55. The molecule has 0 unspecified atom stereocenters. The van der Waals surface area contributed by atoms with Crippen LogP contribution in [0.15, 0.2) is 41.6 Å². The van der Waals surface area contributed by atoms with Crippen molar-refractivity contribution in [1.29, 1.82) is 0 Å². The summed E-state index contributed by atoms with van der Waals surface area (Å²) in [5.74, 6) is 0.553. The fourth-order valence-corrected chi connectivity index (χ4v) is 2.37. The molecular weight excluding hydrogens is 240 g/mol. The monoisotopic (exact) mass is 252 g/mol. The Labute approximate surface area is 98.9 Å². The van der Waals surface area contributed by atoms with Crippen molar-refractivity contribution in [3.05, 3.63) is 42.5 Å². The number of benzene rings is 1. The fraction of sp³-hybridized carbons (Fsp3) is 0.100. The third kappa shape index (κ3) is 2.83. The number of nitrogens with two attached hydrogens (primary N) is 1. The molecule has 0 aliphatic carbocycles. The van der Waals surface area contributed by atoms with Crippen LogP contribution >= 0.6 is 0 Å². The Kier molecular flexibility index (Phi) is 3.12. The van der Waals surface area contributed by atoms with Gasteiger partial charge in [0.1, 0.15) is 5.82 Å². The molecule has 0 saturated heterocycles. The van der Waals surface area contributed by atoms with Gasteiger partial charge in [0.25, 0.3) is 0 Å². The van der Waals surface area contributed by atoms with E-state index in [0.29, 0.717) is 11.5 Å². The molecular formula is C10H12N4O2S. The number of aromatic amines is 1. The van der Waals surface area contributed by atoms with Crippen LogP contribution in [0.5, 0.6) is 0 Å². The number of sulfonamides is 1. The summed E-state index contributed by atoms with van der Waals surface area (Å²) in [6, 6.07) is 6.12. The van der Waals surface area contributed by atoms with E-state index in [4.69, 9.17) is 5.73 Å². The molecule has 0 bridgehead atoms. The van der Waals surface area contributed by atoms with Crippen LogP contribution in [0.1, 0.15) is 5.82 Å². The van der Waals surface area contributed by atoms with Crippen LogP contribution in [0.4, 0.5) is 5.69 Å². The lowest BCUT2D eigenvalue weighted by Gasteiger charge is -2.05. The molecule has 0 fully saturated rings. The van der Waals surface area contributed by atoms with Gasteiger partial charge in [-0.05, 0) is 18.2 Å². The minimum Gasteiger partial charge on any atom is -0.399 e. The zero-order valence-corrected chi connectivity index (χ0v) is 9.74. The molecule has 1 aromatic carbocycles. The summed E-state index contributed by atoms with van der Waals surface area (Å²) in [5, 5.41) is 0. The van der Waals surface area contributed by atoms with Gasteiger partial charge in [-0.2, -0.15) is 0 Å². The van der Waals surface area contributed by atoms with Crippen molar-refractivity contribution in [1.82, 2.24) is 14.7 Å². The summed E-state index contributed by atoms with van der Waals surface area (Å²) >= 11 is 0. The van der Waals surface area contributed by atoms with Crippen LogP contribution in [-0.4, -0.2) is 18.4 Å². The Balaban J connectivity index is 2.14. The van der Waals surface area contributed by atoms with Gasteiger partial charge in [0.05, 0.1) is 11.4 Å². The Morgan fingerprint density at radius 3 is 2.88 bits per heavy atom. The molecule has 0 spiro atoms. The van der Waals surface area contributed by atoms with E-state index >= 15 is 0 Å². The second kappa shape index (κ2) is 4.56. The van der Waals surface area contributed by atoms with Gasteiger partial charge < -0.3 is 10.7 Å². The van der Waals surface area contributed by atoms with Crippen molar-refractivity contribution in [2.45, 2.75) is 11.4 Å². The van der Waals surface area contributed by atoms with Crippen LogP contribution in [0, 0.1) is 0 Å². The molecule has 17 heavy (non-hydrogen) atoms. The number of nitrogen functional groups attached to an aromatic ring is 1. The number of hydrogen-bond acceptors (Lipinski definition) is 4. The number of aromatic nitrogens is 2. The minimum atomic E-state index is -3.55. The molecule has 2 aromatic rings. The number of H-pyrrole nitrogens is 1. The van der Waals surface area contributed by atoms with E-state index in [-0.39, 0.29) is 11.4 Å². The van der Waals surface area contributed by atoms with Crippen LogP contribution in [-0.2, 0) is 16.6 Å². The van der Waals surface area contributed by atoms with E-state index in [1.54, 1.807) is 24.5 Å². The maximum Gasteiger partial charge on any atom is 0.241 e.